The Labute approximate surface area is 133 Å². The second-order valence-electron chi connectivity index (χ2n) is 5.88. The summed E-state index contributed by atoms with van der Waals surface area (Å²) in [5.41, 5.74) is 2.18. The van der Waals surface area contributed by atoms with Crippen LogP contribution in [-0.4, -0.2) is 5.91 Å². The predicted molar refractivity (Wildman–Crippen MR) is 86.2 cm³/mol. The first-order valence-electron chi connectivity index (χ1n) is 7.65. The quantitative estimate of drug-likeness (QED) is 0.853. The lowest BCUT2D eigenvalue weighted by atomic mass is 10.1. The number of halogens is 2. The number of amides is 1. The van der Waals surface area contributed by atoms with Crippen LogP contribution in [0.4, 0.5) is 20.2 Å². The van der Waals surface area contributed by atoms with E-state index < -0.39 is 11.6 Å². The van der Waals surface area contributed by atoms with Crippen molar-refractivity contribution in [3.63, 3.8) is 0 Å². The van der Waals surface area contributed by atoms with Gasteiger partial charge in [0.2, 0.25) is 5.91 Å². The summed E-state index contributed by atoms with van der Waals surface area (Å²) in [5, 5.41) is 6.11. The highest BCUT2D eigenvalue weighted by Crippen LogP contribution is 2.30. The molecular weight excluding hydrogens is 298 g/mol. The van der Waals surface area contributed by atoms with Gasteiger partial charge in [-0.15, -0.1) is 0 Å². The monoisotopic (exact) mass is 316 g/mol. The van der Waals surface area contributed by atoms with Gasteiger partial charge in [-0.2, -0.15) is 0 Å². The zero-order valence-electron chi connectivity index (χ0n) is 12.8. The lowest BCUT2D eigenvalue weighted by Crippen LogP contribution is -2.13. The van der Waals surface area contributed by atoms with Gasteiger partial charge in [0, 0.05) is 23.3 Å². The van der Waals surface area contributed by atoms with Crippen LogP contribution in [0, 0.1) is 17.6 Å². The largest absolute Gasteiger partial charge is 0.378 e. The molecule has 0 saturated heterocycles. The first-order chi connectivity index (χ1) is 11.0. The lowest BCUT2D eigenvalue weighted by molar-refractivity contribution is -0.117. The zero-order valence-corrected chi connectivity index (χ0v) is 12.8. The second kappa shape index (κ2) is 6.36. The highest BCUT2D eigenvalue weighted by atomic mass is 19.2. The maximum atomic E-state index is 13.3. The number of hydrogen-bond acceptors (Lipinski definition) is 2. The van der Waals surface area contributed by atoms with Crippen LogP contribution in [0.15, 0.2) is 42.5 Å². The van der Waals surface area contributed by atoms with Gasteiger partial charge < -0.3 is 10.6 Å². The summed E-state index contributed by atoms with van der Waals surface area (Å²) in [6.07, 6.45) is 1.91. The Morgan fingerprint density at radius 2 is 1.83 bits per heavy atom. The third-order valence-corrected chi connectivity index (χ3v) is 3.91. The molecule has 2 N–H and O–H groups in total. The fourth-order valence-electron chi connectivity index (χ4n) is 2.39. The van der Waals surface area contributed by atoms with Crippen LogP contribution in [-0.2, 0) is 4.79 Å². The summed E-state index contributed by atoms with van der Waals surface area (Å²) in [6, 6.07) is 11.0. The van der Waals surface area contributed by atoms with Gasteiger partial charge in [0.1, 0.15) is 0 Å². The molecule has 2 aromatic carbocycles. The van der Waals surface area contributed by atoms with Crippen molar-refractivity contribution in [2.24, 2.45) is 5.92 Å². The standard InChI is InChI=1S/C18H18F2N2O/c1-11(13-7-8-16(19)17(20)9-13)21-14-3-2-4-15(10-14)22-18(23)12-5-6-12/h2-4,7-12,21H,5-6H2,1H3,(H,22,23). The van der Waals surface area contributed by atoms with E-state index in [9.17, 15) is 13.6 Å². The van der Waals surface area contributed by atoms with Crippen molar-refractivity contribution in [3.8, 4) is 0 Å². The lowest BCUT2D eigenvalue weighted by Gasteiger charge is -2.17. The minimum Gasteiger partial charge on any atom is -0.378 e. The minimum absolute atomic E-state index is 0.0517. The van der Waals surface area contributed by atoms with E-state index in [2.05, 4.69) is 10.6 Å². The van der Waals surface area contributed by atoms with Gasteiger partial charge >= 0.3 is 0 Å². The Hall–Kier alpha value is -2.43. The average molecular weight is 316 g/mol. The molecule has 1 amide bonds. The van der Waals surface area contributed by atoms with E-state index in [0.29, 0.717) is 5.56 Å². The third kappa shape index (κ3) is 3.86. The summed E-state index contributed by atoms with van der Waals surface area (Å²) in [4.78, 5) is 11.8. The SMILES string of the molecule is CC(Nc1cccc(NC(=O)C2CC2)c1)c1ccc(F)c(F)c1. The molecule has 0 aromatic heterocycles. The Kier molecular flexibility index (Phi) is 4.28. The molecule has 3 nitrogen and oxygen atoms in total. The topological polar surface area (TPSA) is 41.1 Å². The fourth-order valence-corrected chi connectivity index (χ4v) is 2.39. The average Bonchev–Trinajstić information content (AvgIpc) is 3.35. The number of hydrogen-bond donors (Lipinski definition) is 2. The Balaban J connectivity index is 1.68. The summed E-state index contributed by atoms with van der Waals surface area (Å²) in [5.74, 6) is -1.52. The van der Waals surface area contributed by atoms with Crippen LogP contribution >= 0.6 is 0 Å². The van der Waals surface area contributed by atoms with Gasteiger partial charge in [-0.25, -0.2) is 8.78 Å². The van der Waals surface area contributed by atoms with Gasteiger partial charge in [-0.05, 0) is 55.7 Å². The highest BCUT2D eigenvalue weighted by molar-refractivity contribution is 5.94. The molecule has 1 fully saturated rings. The number of carbonyl (C=O) groups is 1. The molecule has 0 bridgehead atoms. The van der Waals surface area contributed by atoms with E-state index in [-0.39, 0.29) is 17.9 Å². The number of anilines is 2. The third-order valence-electron chi connectivity index (χ3n) is 3.91. The molecule has 1 aliphatic rings. The molecule has 1 atom stereocenters. The first kappa shape index (κ1) is 15.5. The van der Waals surface area contributed by atoms with E-state index in [4.69, 9.17) is 0 Å². The fraction of sp³-hybridized carbons (Fsp3) is 0.278. The Morgan fingerprint density at radius 1 is 1.09 bits per heavy atom. The van der Waals surface area contributed by atoms with E-state index >= 15 is 0 Å². The van der Waals surface area contributed by atoms with Crippen LogP contribution in [0.1, 0.15) is 31.4 Å². The van der Waals surface area contributed by atoms with Crippen LogP contribution in [0.5, 0.6) is 0 Å². The second-order valence-corrected chi connectivity index (χ2v) is 5.88. The molecule has 1 aliphatic carbocycles. The maximum absolute atomic E-state index is 13.3. The molecular formula is C18H18F2N2O. The van der Waals surface area contributed by atoms with Crippen molar-refractivity contribution < 1.29 is 13.6 Å². The highest BCUT2D eigenvalue weighted by Gasteiger charge is 2.29. The normalized spacial score (nSPS) is 15.1. The number of nitrogens with one attached hydrogen (secondary N) is 2. The molecule has 0 heterocycles. The number of carbonyl (C=O) groups excluding carboxylic acids is 1. The van der Waals surface area contributed by atoms with Gasteiger partial charge in [-0.1, -0.05) is 12.1 Å². The van der Waals surface area contributed by atoms with Crippen molar-refractivity contribution in [2.75, 3.05) is 10.6 Å². The smallest absolute Gasteiger partial charge is 0.227 e. The van der Waals surface area contributed by atoms with Gasteiger partial charge in [0.05, 0.1) is 0 Å². The molecule has 0 radical (unpaired) electrons. The molecule has 0 spiro atoms. The summed E-state index contributed by atoms with van der Waals surface area (Å²) < 4.78 is 26.3. The van der Waals surface area contributed by atoms with E-state index in [0.717, 1.165) is 30.3 Å². The minimum atomic E-state index is -0.860. The number of benzene rings is 2. The molecule has 23 heavy (non-hydrogen) atoms. The van der Waals surface area contributed by atoms with Crippen LogP contribution in [0.3, 0.4) is 0 Å². The van der Waals surface area contributed by atoms with Crippen molar-refractivity contribution in [3.05, 3.63) is 59.7 Å². The summed E-state index contributed by atoms with van der Waals surface area (Å²) >= 11 is 0. The maximum Gasteiger partial charge on any atom is 0.227 e. The van der Waals surface area contributed by atoms with Gasteiger partial charge in [0.15, 0.2) is 11.6 Å². The molecule has 5 heteroatoms. The van der Waals surface area contributed by atoms with Crippen LogP contribution in [0.25, 0.3) is 0 Å². The molecule has 2 aromatic rings. The van der Waals surface area contributed by atoms with E-state index in [1.807, 2.05) is 31.2 Å². The van der Waals surface area contributed by atoms with Gasteiger partial charge in [-0.3, -0.25) is 4.79 Å². The molecule has 1 unspecified atom stereocenters. The molecule has 120 valence electrons. The van der Waals surface area contributed by atoms with Crippen LogP contribution < -0.4 is 10.6 Å². The van der Waals surface area contributed by atoms with Crippen molar-refractivity contribution in [1.29, 1.82) is 0 Å². The zero-order chi connectivity index (χ0) is 16.4. The summed E-state index contributed by atoms with van der Waals surface area (Å²) in [7, 11) is 0. The number of rotatable bonds is 5. The Bertz CT molecular complexity index is 729. The van der Waals surface area contributed by atoms with Gasteiger partial charge in [0.25, 0.3) is 0 Å². The first-order valence-corrected chi connectivity index (χ1v) is 7.65. The predicted octanol–water partition coefficient (Wildman–Crippen LogP) is 4.49. The molecule has 3 rings (SSSR count). The van der Waals surface area contributed by atoms with Crippen molar-refractivity contribution in [2.45, 2.75) is 25.8 Å². The molecule has 0 aliphatic heterocycles. The van der Waals surface area contributed by atoms with Crippen molar-refractivity contribution >= 4 is 17.3 Å². The summed E-state index contributed by atoms with van der Waals surface area (Å²) in [6.45, 7) is 1.86. The van der Waals surface area contributed by atoms with E-state index in [1.54, 1.807) is 6.07 Å². The van der Waals surface area contributed by atoms with Crippen molar-refractivity contribution in [1.82, 2.24) is 0 Å². The molecule has 1 saturated carbocycles. The van der Waals surface area contributed by atoms with Crippen LogP contribution in [0.2, 0.25) is 0 Å². The van der Waals surface area contributed by atoms with E-state index in [1.165, 1.54) is 6.07 Å². The Morgan fingerprint density at radius 3 is 2.52 bits per heavy atom.